The van der Waals surface area contributed by atoms with Crippen molar-refractivity contribution in [3.8, 4) is 0 Å². The van der Waals surface area contributed by atoms with Crippen molar-refractivity contribution < 1.29 is 10.3 Å². The molecule has 0 aliphatic rings. The van der Waals surface area contributed by atoms with E-state index in [1.807, 2.05) is 11.8 Å². The fourth-order valence-electron chi connectivity index (χ4n) is 1.71. The van der Waals surface area contributed by atoms with E-state index in [4.69, 9.17) is 10.9 Å². The second kappa shape index (κ2) is 5.68. The minimum absolute atomic E-state index is 0.00676. The lowest BCUT2D eigenvalue weighted by Gasteiger charge is -2.30. The molecule has 18 heavy (non-hydrogen) atoms. The molecule has 4 N–H and O–H groups in total. The minimum Gasteiger partial charge on any atom is -0.409 e. The fourth-order valence-corrected chi connectivity index (χ4v) is 1.71. The molecule has 1 heterocycles. The molecule has 0 bridgehead atoms. The number of hydrogen-bond donors (Lipinski definition) is 3. The van der Waals surface area contributed by atoms with Crippen LogP contribution in [0, 0.1) is 0 Å². The summed E-state index contributed by atoms with van der Waals surface area (Å²) in [6.07, 6.45) is 1.64. The molecule has 6 heteroatoms. The van der Waals surface area contributed by atoms with E-state index in [2.05, 4.69) is 10.1 Å². The number of aliphatic hydroxyl groups is 1. The largest absolute Gasteiger partial charge is 0.409 e. The average Bonchev–Trinajstić information content (AvgIpc) is 2.34. The van der Waals surface area contributed by atoms with Crippen molar-refractivity contribution in [2.24, 2.45) is 10.9 Å². The maximum absolute atomic E-state index is 9.89. The highest BCUT2D eigenvalue weighted by Gasteiger charge is 2.21. The molecule has 0 aliphatic heterocycles. The molecule has 0 amide bonds. The average molecular weight is 252 g/mol. The SMILES string of the molecule is CCN(CC(C)(C)O)c1ncccc1C(N)=NO. The van der Waals surface area contributed by atoms with Gasteiger partial charge in [0.15, 0.2) is 5.84 Å². The van der Waals surface area contributed by atoms with Crippen LogP contribution in [0.4, 0.5) is 5.82 Å². The molecule has 1 aromatic rings. The van der Waals surface area contributed by atoms with Gasteiger partial charge in [-0.2, -0.15) is 0 Å². The van der Waals surface area contributed by atoms with Gasteiger partial charge in [0.1, 0.15) is 5.82 Å². The highest BCUT2D eigenvalue weighted by molar-refractivity contribution is 6.01. The van der Waals surface area contributed by atoms with E-state index in [0.29, 0.717) is 24.5 Å². The van der Waals surface area contributed by atoms with Gasteiger partial charge in [-0.25, -0.2) is 4.98 Å². The molecular formula is C12H20N4O2. The van der Waals surface area contributed by atoms with Crippen LogP contribution in [0.25, 0.3) is 0 Å². The van der Waals surface area contributed by atoms with Crippen molar-refractivity contribution in [1.82, 2.24) is 4.98 Å². The third kappa shape index (κ3) is 3.59. The summed E-state index contributed by atoms with van der Waals surface area (Å²) in [5, 5.41) is 21.7. The van der Waals surface area contributed by atoms with E-state index >= 15 is 0 Å². The maximum atomic E-state index is 9.89. The third-order valence-corrected chi connectivity index (χ3v) is 2.43. The smallest absolute Gasteiger partial charge is 0.173 e. The molecule has 0 aromatic carbocycles. The standard InChI is InChI=1S/C12H20N4O2/c1-4-16(8-12(2,3)17)11-9(10(13)15-18)6-5-7-14-11/h5-7,17-18H,4,8H2,1-3H3,(H2,13,15). The van der Waals surface area contributed by atoms with Gasteiger partial charge in [-0.3, -0.25) is 0 Å². The maximum Gasteiger partial charge on any atom is 0.173 e. The van der Waals surface area contributed by atoms with Crippen LogP contribution in [0.1, 0.15) is 26.3 Å². The number of nitrogens with zero attached hydrogens (tertiary/aromatic N) is 3. The molecule has 0 fully saturated rings. The first-order valence-corrected chi connectivity index (χ1v) is 5.79. The Bertz CT molecular complexity index is 426. The zero-order valence-corrected chi connectivity index (χ0v) is 11.0. The van der Waals surface area contributed by atoms with Crippen LogP contribution in [-0.2, 0) is 0 Å². The molecular weight excluding hydrogens is 232 g/mol. The summed E-state index contributed by atoms with van der Waals surface area (Å²) < 4.78 is 0. The lowest BCUT2D eigenvalue weighted by atomic mass is 10.1. The van der Waals surface area contributed by atoms with E-state index in [1.165, 1.54) is 0 Å². The Labute approximate surface area is 107 Å². The molecule has 0 radical (unpaired) electrons. The van der Waals surface area contributed by atoms with Crippen molar-refractivity contribution in [3.63, 3.8) is 0 Å². The van der Waals surface area contributed by atoms with Gasteiger partial charge in [-0.1, -0.05) is 5.16 Å². The van der Waals surface area contributed by atoms with Gasteiger partial charge in [-0.15, -0.1) is 0 Å². The van der Waals surface area contributed by atoms with E-state index in [0.717, 1.165) is 0 Å². The van der Waals surface area contributed by atoms with Crippen LogP contribution in [0.2, 0.25) is 0 Å². The zero-order valence-electron chi connectivity index (χ0n) is 11.0. The molecule has 0 saturated heterocycles. The summed E-state index contributed by atoms with van der Waals surface area (Å²) >= 11 is 0. The Morgan fingerprint density at radius 3 is 2.72 bits per heavy atom. The molecule has 6 nitrogen and oxygen atoms in total. The fraction of sp³-hybridized carbons (Fsp3) is 0.500. The van der Waals surface area contributed by atoms with E-state index in [9.17, 15) is 5.11 Å². The van der Waals surface area contributed by atoms with Gasteiger partial charge in [0, 0.05) is 19.3 Å². The minimum atomic E-state index is -0.851. The summed E-state index contributed by atoms with van der Waals surface area (Å²) in [5.41, 5.74) is 5.32. The van der Waals surface area contributed by atoms with Crippen LogP contribution < -0.4 is 10.6 Å². The third-order valence-electron chi connectivity index (χ3n) is 2.43. The molecule has 1 rings (SSSR count). The summed E-state index contributed by atoms with van der Waals surface area (Å²) in [4.78, 5) is 6.13. The van der Waals surface area contributed by atoms with Crippen LogP contribution in [0.3, 0.4) is 0 Å². The monoisotopic (exact) mass is 252 g/mol. The highest BCUT2D eigenvalue weighted by atomic mass is 16.4. The van der Waals surface area contributed by atoms with Crippen LogP contribution in [-0.4, -0.2) is 39.8 Å². The first-order chi connectivity index (χ1) is 8.39. The van der Waals surface area contributed by atoms with Crippen molar-refractivity contribution >= 4 is 11.7 Å². The molecule has 0 unspecified atom stereocenters. The van der Waals surface area contributed by atoms with Crippen molar-refractivity contribution in [2.45, 2.75) is 26.4 Å². The first-order valence-electron chi connectivity index (χ1n) is 5.79. The highest BCUT2D eigenvalue weighted by Crippen LogP contribution is 2.19. The summed E-state index contributed by atoms with van der Waals surface area (Å²) in [5.74, 6) is 0.602. The number of rotatable bonds is 5. The van der Waals surface area contributed by atoms with Gasteiger partial charge in [-0.05, 0) is 32.9 Å². The second-order valence-electron chi connectivity index (χ2n) is 4.69. The van der Waals surface area contributed by atoms with Gasteiger partial charge >= 0.3 is 0 Å². The van der Waals surface area contributed by atoms with Gasteiger partial charge in [0.2, 0.25) is 0 Å². The summed E-state index contributed by atoms with van der Waals surface area (Å²) in [6.45, 7) is 6.47. The van der Waals surface area contributed by atoms with E-state index in [-0.39, 0.29) is 5.84 Å². The van der Waals surface area contributed by atoms with Gasteiger partial charge in [0.05, 0.1) is 11.2 Å². The number of oxime groups is 1. The number of anilines is 1. The molecule has 0 aliphatic carbocycles. The topological polar surface area (TPSA) is 95.0 Å². The lowest BCUT2D eigenvalue weighted by molar-refractivity contribution is 0.0874. The Hall–Kier alpha value is -1.82. The summed E-state index contributed by atoms with van der Waals surface area (Å²) in [6, 6.07) is 3.44. The Morgan fingerprint density at radius 1 is 1.56 bits per heavy atom. The van der Waals surface area contributed by atoms with Crippen molar-refractivity contribution in [2.75, 3.05) is 18.0 Å². The predicted octanol–water partition coefficient (Wildman–Crippen LogP) is 0.773. The Kier molecular flexibility index (Phi) is 4.49. The molecule has 0 spiro atoms. The zero-order chi connectivity index (χ0) is 13.8. The summed E-state index contributed by atoms with van der Waals surface area (Å²) in [7, 11) is 0. The quantitative estimate of drug-likeness (QED) is 0.311. The normalized spacial score (nSPS) is 12.6. The van der Waals surface area contributed by atoms with Crippen molar-refractivity contribution in [3.05, 3.63) is 23.9 Å². The molecule has 100 valence electrons. The number of aromatic nitrogens is 1. The number of nitrogens with two attached hydrogens (primary N) is 1. The van der Waals surface area contributed by atoms with Crippen molar-refractivity contribution in [1.29, 1.82) is 0 Å². The number of amidine groups is 1. The van der Waals surface area contributed by atoms with Crippen LogP contribution in [0.15, 0.2) is 23.5 Å². The van der Waals surface area contributed by atoms with Gasteiger partial charge < -0.3 is 20.9 Å². The Balaban J connectivity index is 3.14. The number of hydrogen-bond acceptors (Lipinski definition) is 5. The van der Waals surface area contributed by atoms with Gasteiger partial charge in [0.25, 0.3) is 0 Å². The predicted molar refractivity (Wildman–Crippen MR) is 70.9 cm³/mol. The number of pyridine rings is 1. The Morgan fingerprint density at radius 2 is 2.22 bits per heavy atom. The number of likely N-dealkylation sites (N-methyl/N-ethyl adjacent to an activating group) is 1. The van der Waals surface area contributed by atoms with E-state index in [1.54, 1.807) is 32.2 Å². The lowest BCUT2D eigenvalue weighted by Crippen LogP contribution is -2.40. The molecule has 1 aromatic heterocycles. The molecule has 0 saturated carbocycles. The second-order valence-corrected chi connectivity index (χ2v) is 4.69. The first kappa shape index (κ1) is 14.2. The van der Waals surface area contributed by atoms with Crippen LogP contribution in [0.5, 0.6) is 0 Å². The molecule has 0 atom stereocenters. The van der Waals surface area contributed by atoms with Crippen LogP contribution >= 0.6 is 0 Å². The van der Waals surface area contributed by atoms with E-state index < -0.39 is 5.60 Å².